The van der Waals surface area contributed by atoms with Crippen molar-refractivity contribution in [2.45, 2.75) is 52.1 Å². The van der Waals surface area contributed by atoms with Crippen LogP contribution in [0.25, 0.3) is 0 Å². The van der Waals surface area contributed by atoms with Crippen molar-refractivity contribution in [2.24, 2.45) is 5.92 Å². The highest BCUT2D eigenvalue weighted by atomic mass is 17.1. The van der Waals surface area contributed by atoms with Gasteiger partial charge in [-0.2, -0.15) is 0 Å². The monoisotopic (exact) mass is 236 g/mol. The summed E-state index contributed by atoms with van der Waals surface area (Å²) in [5.41, 5.74) is 2.17. The van der Waals surface area contributed by atoms with E-state index in [0.29, 0.717) is 5.92 Å². The van der Waals surface area contributed by atoms with Crippen molar-refractivity contribution >= 4 is 0 Å². The third-order valence-electron chi connectivity index (χ3n) is 3.35. The maximum atomic E-state index is 8.66. The summed E-state index contributed by atoms with van der Waals surface area (Å²) in [5, 5.41) is 8.66. The quantitative estimate of drug-likeness (QED) is 0.432. The van der Waals surface area contributed by atoms with Gasteiger partial charge in [-0.1, -0.05) is 36.0 Å². The summed E-state index contributed by atoms with van der Waals surface area (Å²) in [7, 11) is 0. The topological polar surface area (TPSA) is 29.5 Å². The molecule has 0 aromatic rings. The minimum Gasteiger partial charge on any atom is -0.251 e. The lowest BCUT2D eigenvalue weighted by atomic mass is 9.84. The molecule has 1 aliphatic carbocycles. The molecule has 0 spiro atoms. The first-order valence-corrected chi connectivity index (χ1v) is 6.28. The van der Waals surface area contributed by atoms with Crippen LogP contribution >= 0.6 is 0 Å². The molecule has 0 heterocycles. The Balaban J connectivity index is 2.41. The molecule has 0 amide bonds. The molecule has 0 saturated carbocycles. The lowest BCUT2D eigenvalue weighted by Gasteiger charge is -2.22. The molecule has 2 nitrogen and oxygen atoms in total. The van der Waals surface area contributed by atoms with Gasteiger partial charge in [0.2, 0.25) is 0 Å². The fourth-order valence-corrected chi connectivity index (χ4v) is 2.03. The van der Waals surface area contributed by atoms with Gasteiger partial charge in [-0.05, 0) is 52.4 Å². The third-order valence-corrected chi connectivity index (χ3v) is 3.35. The van der Waals surface area contributed by atoms with E-state index in [9.17, 15) is 0 Å². The van der Waals surface area contributed by atoms with Crippen molar-refractivity contribution in [3.05, 3.63) is 36.0 Å². The molecule has 1 N–H and O–H groups in total. The van der Waals surface area contributed by atoms with Crippen LogP contribution in [0.5, 0.6) is 0 Å². The van der Waals surface area contributed by atoms with Gasteiger partial charge in [-0.3, -0.25) is 5.26 Å². The first-order chi connectivity index (χ1) is 7.94. The van der Waals surface area contributed by atoms with Crippen molar-refractivity contribution in [1.29, 1.82) is 0 Å². The van der Waals surface area contributed by atoms with Gasteiger partial charge in [-0.15, -0.1) is 0 Å². The van der Waals surface area contributed by atoms with Crippen molar-refractivity contribution in [2.75, 3.05) is 0 Å². The largest absolute Gasteiger partial charge is 0.251 e. The van der Waals surface area contributed by atoms with Gasteiger partial charge >= 0.3 is 0 Å². The van der Waals surface area contributed by atoms with Crippen molar-refractivity contribution in [3.63, 3.8) is 0 Å². The number of hydrogen-bond donors (Lipinski definition) is 1. The predicted molar refractivity (Wildman–Crippen MR) is 71.8 cm³/mol. The molecular formula is C15H24O2. The zero-order valence-corrected chi connectivity index (χ0v) is 11.2. The maximum Gasteiger partial charge on any atom is 0.116 e. The molecule has 0 unspecified atom stereocenters. The Labute approximate surface area is 105 Å². The van der Waals surface area contributed by atoms with Crippen LogP contribution in [0.15, 0.2) is 36.0 Å². The molecule has 0 aliphatic heterocycles. The Kier molecular flexibility index (Phi) is 5.16. The highest BCUT2D eigenvalue weighted by molar-refractivity contribution is 5.14. The molecular weight excluding hydrogens is 212 g/mol. The number of hydrogen-bond acceptors (Lipinski definition) is 2. The molecule has 0 fully saturated rings. The summed E-state index contributed by atoms with van der Waals surface area (Å²) >= 11 is 0. The van der Waals surface area contributed by atoms with E-state index >= 15 is 0 Å². The zero-order valence-electron chi connectivity index (χ0n) is 11.2. The van der Waals surface area contributed by atoms with Gasteiger partial charge in [0.05, 0.1) is 0 Å². The Morgan fingerprint density at radius 2 is 2.35 bits per heavy atom. The smallest absolute Gasteiger partial charge is 0.116 e. The molecule has 1 atom stereocenters. The van der Waals surface area contributed by atoms with E-state index in [4.69, 9.17) is 5.26 Å². The summed E-state index contributed by atoms with van der Waals surface area (Å²) in [6.45, 7) is 10.00. The van der Waals surface area contributed by atoms with Gasteiger partial charge in [0.25, 0.3) is 0 Å². The van der Waals surface area contributed by atoms with E-state index in [0.717, 1.165) is 12.8 Å². The average Bonchev–Trinajstić information content (AvgIpc) is 2.29. The number of rotatable bonds is 5. The van der Waals surface area contributed by atoms with E-state index in [1.165, 1.54) is 24.0 Å². The molecule has 96 valence electrons. The van der Waals surface area contributed by atoms with Crippen LogP contribution < -0.4 is 0 Å². The summed E-state index contributed by atoms with van der Waals surface area (Å²) in [5.74, 6) is 0.613. The van der Waals surface area contributed by atoms with Crippen LogP contribution in [0.3, 0.4) is 0 Å². The summed E-state index contributed by atoms with van der Waals surface area (Å²) in [4.78, 5) is 4.35. The molecule has 2 heteroatoms. The second kappa shape index (κ2) is 6.18. The Hall–Kier alpha value is -0.860. The van der Waals surface area contributed by atoms with E-state index < -0.39 is 5.60 Å². The van der Waals surface area contributed by atoms with Gasteiger partial charge < -0.3 is 0 Å². The normalized spacial score (nSPS) is 21.6. The first-order valence-electron chi connectivity index (χ1n) is 6.28. The van der Waals surface area contributed by atoms with Crippen molar-refractivity contribution in [1.82, 2.24) is 0 Å². The second-order valence-corrected chi connectivity index (χ2v) is 5.48. The molecule has 0 radical (unpaired) electrons. The fraction of sp³-hybridized carbons (Fsp3) is 0.600. The van der Waals surface area contributed by atoms with E-state index in [2.05, 4.69) is 24.5 Å². The van der Waals surface area contributed by atoms with E-state index in [1.54, 1.807) is 0 Å². The second-order valence-electron chi connectivity index (χ2n) is 5.48. The number of allylic oxidation sites excluding steroid dienone is 4. The molecule has 0 aromatic heterocycles. The SMILES string of the molecule is C=C(CC=CC(C)(C)OO)[C@H]1CC=C(C)CC1. The first kappa shape index (κ1) is 14.2. The van der Waals surface area contributed by atoms with Crippen LogP contribution in [-0.2, 0) is 4.89 Å². The van der Waals surface area contributed by atoms with Gasteiger partial charge in [-0.25, -0.2) is 4.89 Å². The molecule has 1 aliphatic rings. The summed E-state index contributed by atoms with van der Waals surface area (Å²) < 4.78 is 0. The zero-order chi connectivity index (χ0) is 12.9. The minimum absolute atomic E-state index is 0.608. The molecule has 0 aromatic carbocycles. The van der Waals surface area contributed by atoms with Crippen LogP contribution in [0.2, 0.25) is 0 Å². The van der Waals surface area contributed by atoms with Crippen molar-refractivity contribution in [3.8, 4) is 0 Å². The van der Waals surface area contributed by atoms with E-state index in [-0.39, 0.29) is 0 Å². The van der Waals surface area contributed by atoms with Crippen molar-refractivity contribution < 1.29 is 10.1 Å². The Morgan fingerprint density at radius 3 is 2.88 bits per heavy atom. The Morgan fingerprint density at radius 1 is 1.65 bits per heavy atom. The summed E-state index contributed by atoms with van der Waals surface area (Å²) in [6, 6.07) is 0. The van der Waals surface area contributed by atoms with Crippen LogP contribution in [-0.4, -0.2) is 10.9 Å². The van der Waals surface area contributed by atoms with E-state index in [1.807, 2.05) is 26.0 Å². The average molecular weight is 236 g/mol. The molecule has 0 bridgehead atoms. The van der Waals surface area contributed by atoms with Crippen LogP contribution in [0, 0.1) is 5.92 Å². The fourth-order valence-electron chi connectivity index (χ4n) is 2.03. The summed E-state index contributed by atoms with van der Waals surface area (Å²) in [6.07, 6.45) is 10.6. The molecule has 0 saturated heterocycles. The maximum absolute atomic E-state index is 8.66. The van der Waals surface area contributed by atoms with Gasteiger partial charge in [0, 0.05) is 0 Å². The highest BCUT2D eigenvalue weighted by Gasteiger charge is 2.16. The lowest BCUT2D eigenvalue weighted by Crippen LogP contribution is -2.18. The third kappa shape index (κ3) is 4.88. The standard InChI is InChI=1S/C15H24O2/c1-12-7-9-14(10-8-12)13(2)6-5-11-15(3,4)17-16/h5,7,11,14,16H,2,6,8-10H2,1,3-4H3/t14-/m0/s1. The Bertz CT molecular complexity index is 324. The highest BCUT2D eigenvalue weighted by Crippen LogP contribution is 2.30. The lowest BCUT2D eigenvalue weighted by molar-refractivity contribution is -0.297. The van der Waals surface area contributed by atoms with Gasteiger partial charge in [0.15, 0.2) is 0 Å². The van der Waals surface area contributed by atoms with Crippen LogP contribution in [0.1, 0.15) is 46.5 Å². The van der Waals surface area contributed by atoms with Gasteiger partial charge in [0.1, 0.15) is 5.60 Å². The molecule has 1 rings (SSSR count). The van der Waals surface area contributed by atoms with Crippen LogP contribution in [0.4, 0.5) is 0 Å². The molecule has 17 heavy (non-hydrogen) atoms. The predicted octanol–water partition coefficient (Wildman–Crippen LogP) is 4.50. The minimum atomic E-state index is -0.608.